The second-order valence-corrected chi connectivity index (χ2v) is 6.09. The second kappa shape index (κ2) is 7.09. The number of aliphatic carboxylic acids is 1. The van der Waals surface area contributed by atoms with Crippen molar-refractivity contribution in [3.63, 3.8) is 0 Å². The molecule has 0 aromatic heterocycles. The molecular formula is C16H20BrNO3. The predicted molar refractivity (Wildman–Crippen MR) is 87.7 cm³/mol. The average Bonchev–Trinajstić information content (AvgIpc) is 2.45. The summed E-state index contributed by atoms with van der Waals surface area (Å²) in [6, 6.07) is 6.40. The fraction of sp³-hybridized carbons (Fsp3) is 0.438. The van der Waals surface area contributed by atoms with Gasteiger partial charge in [0.05, 0.1) is 18.8 Å². The maximum absolute atomic E-state index is 10.6. The average molecular weight is 354 g/mol. The minimum absolute atomic E-state index is 0.221. The lowest BCUT2D eigenvalue weighted by molar-refractivity contribution is -0.131. The van der Waals surface area contributed by atoms with Gasteiger partial charge in [0.25, 0.3) is 0 Å². The van der Waals surface area contributed by atoms with Gasteiger partial charge < -0.3 is 14.7 Å². The molecule has 1 fully saturated rings. The molecule has 0 aliphatic carbocycles. The SMILES string of the molecule is CCC1COC(C)CN1c1ccc(/C=C/C(=O)O)c(Br)c1. The quantitative estimate of drug-likeness (QED) is 0.841. The zero-order valence-electron chi connectivity index (χ0n) is 12.3. The number of anilines is 1. The van der Waals surface area contributed by atoms with E-state index in [0.29, 0.717) is 6.04 Å². The summed E-state index contributed by atoms with van der Waals surface area (Å²) in [5, 5.41) is 8.70. The Morgan fingerprint density at radius 1 is 1.57 bits per heavy atom. The third-order valence-electron chi connectivity index (χ3n) is 3.66. The molecule has 1 N–H and O–H groups in total. The number of ether oxygens (including phenoxy) is 1. The van der Waals surface area contributed by atoms with E-state index in [1.54, 1.807) is 6.08 Å². The summed E-state index contributed by atoms with van der Waals surface area (Å²) in [4.78, 5) is 13.0. The highest BCUT2D eigenvalue weighted by molar-refractivity contribution is 9.10. The van der Waals surface area contributed by atoms with Gasteiger partial charge in [-0.3, -0.25) is 0 Å². The molecule has 114 valence electrons. The molecule has 1 aliphatic rings. The van der Waals surface area contributed by atoms with E-state index in [9.17, 15) is 4.79 Å². The Bertz CT molecular complexity index is 544. The lowest BCUT2D eigenvalue weighted by Gasteiger charge is -2.40. The molecule has 0 saturated carbocycles. The van der Waals surface area contributed by atoms with Gasteiger partial charge in [-0.1, -0.05) is 28.9 Å². The number of hydrogen-bond acceptors (Lipinski definition) is 3. The van der Waals surface area contributed by atoms with Gasteiger partial charge in [-0.15, -0.1) is 0 Å². The fourth-order valence-electron chi connectivity index (χ4n) is 2.49. The van der Waals surface area contributed by atoms with Gasteiger partial charge in [-0.25, -0.2) is 4.79 Å². The number of carboxylic acids is 1. The molecular weight excluding hydrogens is 334 g/mol. The number of hydrogen-bond donors (Lipinski definition) is 1. The molecule has 1 saturated heterocycles. The number of halogens is 1. The number of benzene rings is 1. The smallest absolute Gasteiger partial charge is 0.328 e. The molecule has 0 amide bonds. The van der Waals surface area contributed by atoms with E-state index in [0.717, 1.165) is 41.4 Å². The predicted octanol–water partition coefficient (Wildman–Crippen LogP) is 3.55. The maximum atomic E-state index is 10.6. The van der Waals surface area contributed by atoms with Gasteiger partial charge in [0, 0.05) is 22.8 Å². The van der Waals surface area contributed by atoms with Crippen molar-refractivity contribution in [1.82, 2.24) is 0 Å². The molecule has 21 heavy (non-hydrogen) atoms. The summed E-state index contributed by atoms with van der Waals surface area (Å²) in [7, 11) is 0. The second-order valence-electron chi connectivity index (χ2n) is 5.24. The third-order valence-corrected chi connectivity index (χ3v) is 4.35. The molecule has 4 nitrogen and oxygen atoms in total. The van der Waals surface area contributed by atoms with E-state index in [4.69, 9.17) is 9.84 Å². The van der Waals surface area contributed by atoms with Crippen LogP contribution in [-0.2, 0) is 9.53 Å². The van der Waals surface area contributed by atoms with Crippen molar-refractivity contribution in [3.8, 4) is 0 Å². The Labute approximate surface area is 133 Å². The van der Waals surface area contributed by atoms with E-state index < -0.39 is 5.97 Å². The minimum atomic E-state index is -0.945. The van der Waals surface area contributed by atoms with Gasteiger partial charge in [0.1, 0.15) is 0 Å². The molecule has 1 aliphatic heterocycles. The van der Waals surface area contributed by atoms with Crippen molar-refractivity contribution in [2.45, 2.75) is 32.4 Å². The molecule has 1 aromatic rings. The Balaban J connectivity index is 2.23. The largest absolute Gasteiger partial charge is 0.478 e. The molecule has 0 radical (unpaired) electrons. The van der Waals surface area contributed by atoms with Crippen LogP contribution in [0.4, 0.5) is 5.69 Å². The number of nitrogens with zero attached hydrogens (tertiary/aromatic N) is 1. The lowest BCUT2D eigenvalue weighted by Crippen LogP contribution is -2.48. The molecule has 1 heterocycles. The first-order valence-corrected chi connectivity index (χ1v) is 7.89. The summed E-state index contributed by atoms with van der Waals surface area (Å²) < 4.78 is 6.62. The summed E-state index contributed by atoms with van der Waals surface area (Å²) >= 11 is 3.52. The summed E-state index contributed by atoms with van der Waals surface area (Å²) in [6.45, 7) is 5.86. The fourth-order valence-corrected chi connectivity index (χ4v) is 2.99. The topological polar surface area (TPSA) is 49.8 Å². The van der Waals surface area contributed by atoms with E-state index in [1.807, 2.05) is 18.2 Å². The number of carbonyl (C=O) groups is 1. The Hall–Kier alpha value is -1.33. The van der Waals surface area contributed by atoms with Gasteiger partial charge in [-0.2, -0.15) is 0 Å². The van der Waals surface area contributed by atoms with Crippen LogP contribution in [0.5, 0.6) is 0 Å². The monoisotopic (exact) mass is 353 g/mol. The zero-order valence-corrected chi connectivity index (χ0v) is 13.8. The van der Waals surface area contributed by atoms with Crippen LogP contribution in [0.3, 0.4) is 0 Å². The van der Waals surface area contributed by atoms with Crippen LogP contribution in [0.25, 0.3) is 6.08 Å². The Kier molecular flexibility index (Phi) is 5.42. The van der Waals surface area contributed by atoms with Crippen LogP contribution in [0.15, 0.2) is 28.7 Å². The normalized spacial score (nSPS) is 22.7. The van der Waals surface area contributed by atoms with Crippen LogP contribution in [0.2, 0.25) is 0 Å². The lowest BCUT2D eigenvalue weighted by atomic mass is 10.1. The summed E-state index contributed by atoms with van der Waals surface area (Å²) in [6.07, 6.45) is 3.99. The van der Waals surface area contributed by atoms with Crippen molar-refractivity contribution in [2.24, 2.45) is 0 Å². The zero-order chi connectivity index (χ0) is 15.4. The van der Waals surface area contributed by atoms with Crippen LogP contribution < -0.4 is 4.90 Å². The van der Waals surface area contributed by atoms with E-state index in [-0.39, 0.29) is 6.10 Å². The third kappa shape index (κ3) is 4.08. The van der Waals surface area contributed by atoms with Crippen LogP contribution in [0, 0.1) is 0 Å². The molecule has 2 unspecified atom stereocenters. The van der Waals surface area contributed by atoms with E-state index >= 15 is 0 Å². The van der Waals surface area contributed by atoms with Crippen molar-refractivity contribution in [1.29, 1.82) is 0 Å². The Morgan fingerprint density at radius 3 is 2.95 bits per heavy atom. The van der Waals surface area contributed by atoms with Crippen LogP contribution in [-0.4, -0.2) is 36.4 Å². The summed E-state index contributed by atoms with van der Waals surface area (Å²) in [5.41, 5.74) is 1.99. The van der Waals surface area contributed by atoms with Crippen LogP contribution in [0.1, 0.15) is 25.8 Å². The highest BCUT2D eigenvalue weighted by atomic mass is 79.9. The van der Waals surface area contributed by atoms with Crippen molar-refractivity contribution < 1.29 is 14.6 Å². The van der Waals surface area contributed by atoms with Crippen LogP contribution >= 0.6 is 15.9 Å². The minimum Gasteiger partial charge on any atom is -0.478 e. The highest BCUT2D eigenvalue weighted by Crippen LogP contribution is 2.29. The summed E-state index contributed by atoms with van der Waals surface area (Å²) in [5.74, 6) is -0.945. The van der Waals surface area contributed by atoms with E-state index in [1.165, 1.54) is 0 Å². The molecule has 5 heteroatoms. The standard InChI is InChI=1S/C16H20BrNO3/c1-3-13-10-21-11(2)9-18(13)14-6-4-12(15(17)8-14)5-7-16(19)20/h4-8,11,13H,3,9-10H2,1-2H3,(H,19,20)/b7-5+. The van der Waals surface area contributed by atoms with Crippen molar-refractivity contribution >= 4 is 33.7 Å². The molecule has 0 bridgehead atoms. The van der Waals surface area contributed by atoms with Gasteiger partial charge in [0.2, 0.25) is 0 Å². The first kappa shape index (κ1) is 16.0. The molecule has 2 rings (SSSR count). The highest BCUT2D eigenvalue weighted by Gasteiger charge is 2.25. The first-order chi connectivity index (χ1) is 10.0. The van der Waals surface area contributed by atoms with E-state index in [2.05, 4.69) is 34.7 Å². The molecule has 2 atom stereocenters. The van der Waals surface area contributed by atoms with Gasteiger partial charge in [-0.05, 0) is 37.1 Å². The Morgan fingerprint density at radius 2 is 2.33 bits per heavy atom. The number of rotatable bonds is 4. The molecule has 0 spiro atoms. The van der Waals surface area contributed by atoms with Crippen molar-refractivity contribution in [2.75, 3.05) is 18.1 Å². The van der Waals surface area contributed by atoms with Gasteiger partial charge >= 0.3 is 5.97 Å². The molecule has 1 aromatic carbocycles. The maximum Gasteiger partial charge on any atom is 0.328 e. The number of carboxylic acid groups (broad SMARTS) is 1. The van der Waals surface area contributed by atoms with Crippen molar-refractivity contribution in [3.05, 3.63) is 34.3 Å². The first-order valence-electron chi connectivity index (χ1n) is 7.10. The van der Waals surface area contributed by atoms with Gasteiger partial charge in [0.15, 0.2) is 0 Å². The number of morpholine rings is 1.